The summed E-state index contributed by atoms with van der Waals surface area (Å²) in [4.78, 5) is 23.0. The van der Waals surface area contributed by atoms with Crippen molar-refractivity contribution in [2.24, 2.45) is 0 Å². The molecule has 0 bridgehead atoms. The van der Waals surface area contributed by atoms with Crippen LogP contribution >= 0.6 is 0 Å². The number of allylic oxidation sites excluding steroid dienone is 1. The number of carbonyl (C=O) groups excluding carboxylic acids is 1. The van der Waals surface area contributed by atoms with E-state index < -0.39 is 0 Å². The fourth-order valence-corrected chi connectivity index (χ4v) is 3.44. The van der Waals surface area contributed by atoms with Gasteiger partial charge in [0.2, 0.25) is 0 Å². The lowest BCUT2D eigenvalue weighted by Gasteiger charge is -2.36. The SMILES string of the molecule is CCCCCN1CCN(c2ccc(-c3cnc(/C=C\C(=N)C=O)[nH]3)cc2)CC1. The molecule has 0 radical (unpaired) electrons. The van der Waals surface area contributed by atoms with Gasteiger partial charge in [-0.15, -0.1) is 0 Å². The Morgan fingerprint density at radius 3 is 2.61 bits per heavy atom. The molecule has 1 aliphatic rings. The highest BCUT2D eigenvalue weighted by Gasteiger charge is 2.16. The Balaban J connectivity index is 1.56. The molecule has 6 nitrogen and oxygen atoms in total. The lowest BCUT2D eigenvalue weighted by molar-refractivity contribution is -0.102. The van der Waals surface area contributed by atoms with Gasteiger partial charge in [0.15, 0.2) is 6.29 Å². The number of benzene rings is 1. The number of H-pyrrole nitrogens is 1. The third-order valence-corrected chi connectivity index (χ3v) is 5.14. The summed E-state index contributed by atoms with van der Waals surface area (Å²) < 4.78 is 0. The molecule has 1 fully saturated rings. The van der Waals surface area contributed by atoms with E-state index >= 15 is 0 Å². The van der Waals surface area contributed by atoms with Crippen molar-refractivity contribution in [1.29, 1.82) is 5.41 Å². The summed E-state index contributed by atoms with van der Waals surface area (Å²) in [7, 11) is 0. The smallest absolute Gasteiger partial charge is 0.167 e. The maximum Gasteiger partial charge on any atom is 0.167 e. The molecule has 0 spiro atoms. The lowest BCUT2D eigenvalue weighted by Crippen LogP contribution is -2.46. The van der Waals surface area contributed by atoms with E-state index in [1.807, 2.05) is 0 Å². The molecule has 0 amide bonds. The first kappa shape index (κ1) is 20.0. The van der Waals surface area contributed by atoms with Crippen LogP contribution in [0.25, 0.3) is 17.3 Å². The standard InChI is InChI=1S/C22H29N5O/c1-2-3-4-11-26-12-14-27(15-13-26)20-8-5-18(6-9-20)21-16-24-22(25-21)10-7-19(23)17-28/h5-10,16-17,23H,2-4,11-15H2,1H3,(H,24,25)/b10-7-,23-19?. The van der Waals surface area contributed by atoms with Crippen molar-refractivity contribution in [1.82, 2.24) is 14.9 Å². The third kappa shape index (κ3) is 5.39. The van der Waals surface area contributed by atoms with E-state index in [1.54, 1.807) is 12.3 Å². The summed E-state index contributed by atoms with van der Waals surface area (Å²) >= 11 is 0. The highest BCUT2D eigenvalue weighted by molar-refractivity contribution is 6.33. The predicted octanol–water partition coefficient (Wildman–Crippen LogP) is 3.62. The minimum atomic E-state index is -0.0761. The second-order valence-electron chi connectivity index (χ2n) is 7.17. The zero-order valence-electron chi connectivity index (χ0n) is 16.5. The van der Waals surface area contributed by atoms with E-state index in [4.69, 9.17) is 5.41 Å². The molecule has 0 atom stereocenters. The number of carbonyl (C=O) groups is 1. The first-order valence-electron chi connectivity index (χ1n) is 10.0. The van der Waals surface area contributed by atoms with E-state index in [0.29, 0.717) is 12.1 Å². The zero-order valence-corrected chi connectivity index (χ0v) is 16.5. The van der Waals surface area contributed by atoms with E-state index in [0.717, 1.165) is 37.4 Å². The van der Waals surface area contributed by atoms with Gasteiger partial charge in [-0.3, -0.25) is 15.1 Å². The highest BCUT2D eigenvalue weighted by atomic mass is 16.1. The molecule has 2 aromatic rings. The van der Waals surface area contributed by atoms with Crippen molar-refractivity contribution in [3.8, 4) is 11.3 Å². The number of aldehydes is 1. The molecule has 1 saturated heterocycles. The molecule has 1 aliphatic heterocycles. The third-order valence-electron chi connectivity index (χ3n) is 5.14. The number of imidazole rings is 1. The monoisotopic (exact) mass is 379 g/mol. The van der Waals surface area contributed by atoms with Gasteiger partial charge in [0.25, 0.3) is 0 Å². The van der Waals surface area contributed by atoms with Gasteiger partial charge in [0, 0.05) is 31.9 Å². The van der Waals surface area contributed by atoms with Crippen molar-refractivity contribution in [2.75, 3.05) is 37.6 Å². The Hall–Kier alpha value is -2.73. The first-order chi connectivity index (χ1) is 13.7. The number of rotatable bonds is 9. The molecule has 148 valence electrons. The van der Waals surface area contributed by atoms with Crippen LogP contribution in [0, 0.1) is 5.41 Å². The number of nitrogens with zero attached hydrogens (tertiary/aromatic N) is 3. The minimum Gasteiger partial charge on any atom is -0.369 e. The van der Waals surface area contributed by atoms with E-state index in [-0.39, 0.29) is 5.71 Å². The Morgan fingerprint density at radius 1 is 1.18 bits per heavy atom. The number of aromatic amines is 1. The van der Waals surface area contributed by atoms with Gasteiger partial charge in [0.1, 0.15) is 5.82 Å². The van der Waals surface area contributed by atoms with Gasteiger partial charge in [-0.25, -0.2) is 4.98 Å². The predicted molar refractivity (Wildman–Crippen MR) is 115 cm³/mol. The van der Waals surface area contributed by atoms with Crippen LogP contribution in [0.15, 0.2) is 36.5 Å². The number of hydrogen-bond acceptors (Lipinski definition) is 5. The fourth-order valence-electron chi connectivity index (χ4n) is 3.44. The Labute approximate surface area is 166 Å². The second kappa shape index (κ2) is 9.99. The van der Waals surface area contributed by atoms with Gasteiger partial charge >= 0.3 is 0 Å². The average Bonchev–Trinajstić information content (AvgIpc) is 3.22. The molecular formula is C22H29N5O. The zero-order chi connectivity index (χ0) is 19.8. The van der Waals surface area contributed by atoms with Crippen molar-refractivity contribution in [3.05, 3.63) is 42.4 Å². The largest absolute Gasteiger partial charge is 0.369 e. The molecular weight excluding hydrogens is 350 g/mol. The summed E-state index contributed by atoms with van der Waals surface area (Å²) in [5.41, 5.74) is 3.17. The van der Waals surface area contributed by atoms with Crippen LogP contribution in [0.5, 0.6) is 0 Å². The van der Waals surface area contributed by atoms with Crippen molar-refractivity contribution < 1.29 is 4.79 Å². The molecule has 0 unspecified atom stereocenters. The summed E-state index contributed by atoms with van der Waals surface area (Å²) in [6, 6.07) is 8.55. The number of unbranched alkanes of at least 4 members (excludes halogenated alkanes) is 2. The maximum absolute atomic E-state index is 10.5. The quantitative estimate of drug-likeness (QED) is 0.396. The van der Waals surface area contributed by atoms with Crippen LogP contribution in [-0.4, -0.2) is 59.6 Å². The van der Waals surface area contributed by atoms with Gasteiger partial charge in [-0.2, -0.15) is 0 Å². The minimum absolute atomic E-state index is 0.0761. The summed E-state index contributed by atoms with van der Waals surface area (Å²) in [6.45, 7) is 7.90. The second-order valence-corrected chi connectivity index (χ2v) is 7.17. The summed E-state index contributed by atoms with van der Waals surface area (Å²) in [6.07, 6.45) is 9.26. The fraction of sp³-hybridized carbons (Fsp3) is 0.409. The van der Waals surface area contributed by atoms with Crippen LogP contribution in [-0.2, 0) is 4.79 Å². The van der Waals surface area contributed by atoms with Crippen molar-refractivity contribution in [3.63, 3.8) is 0 Å². The number of piperazine rings is 1. The Kier molecular flexibility index (Phi) is 7.14. The Morgan fingerprint density at radius 2 is 1.93 bits per heavy atom. The number of hydrogen-bond donors (Lipinski definition) is 2. The van der Waals surface area contributed by atoms with Crippen molar-refractivity contribution in [2.45, 2.75) is 26.2 Å². The highest BCUT2D eigenvalue weighted by Crippen LogP contribution is 2.23. The maximum atomic E-state index is 10.5. The molecule has 2 heterocycles. The number of anilines is 1. The summed E-state index contributed by atoms with van der Waals surface area (Å²) in [5, 5.41) is 7.33. The van der Waals surface area contributed by atoms with Crippen LogP contribution in [0.2, 0.25) is 0 Å². The lowest BCUT2D eigenvalue weighted by atomic mass is 10.1. The molecule has 1 aromatic carbocycles. The molecule has 28 heavy (non-hydrogen) atoms. The Bertz CT molecular complexity index is 801. The van der Waals surface area contributed by atoms with Crippen molar-refractivity contribution >= 4 is 23.8 Å². The topological polar surface area (TPSA) is 76.1 Å². The van der Waals surface area contributed by atoms with Gasteiger partial charge in [0.05, 0.1) is 17.6 Å². The van der Waals surface area contributed by atoms with Crippen LogP contribution < -0.4 is 4.90 Å². The van der Waals surface area contributed by atoms with E-state index in [1.165, 1.54) is 37.6 Å². The molecule has 6 heteroatoms. The number of nitrogens with one attached hydrogen (secondary N) is 2. The van der Waals surface area contributed by atoms with Crippen LogP contribution in [0.4, 0.5) is 5.69 Å². The molecule has 1 aromatic heterocycles. The normalized spacial score (nSPS) is 15.2. The molecule has 0 saturated carbocycles. The first-order valence-corrected chi connectivity index (χ1v) is 10.0. The molecule has 3 rings (SSSR count). The molecule has 0 aliphatic carbocycles. The van der Waals surface area contributed by atoms with Crippen LogP contribution in [0.3, 0.4) is 0 Å². The summed E-state index contributed by atoms with van der Waals surface area (Å²) in [5.74, 6) is 0.630. The number of aromatic nitrogens is 2. The van der Waals surface area contributed by atoms with Crippen LogP contribution in [0.1, 0.15) is 32.0 Å². The van der Waals surface area contributed by atoms with Gasteiger partial charge < -0.3 is 9.88 Å². The van der Waals surface area contributed by atoms with E-state index in [2.05, 4.69) is 51.0 Å². The average molecular weight is 380 g/mol. The molecule has 2 N–H and O–H groups in total. The van der Waals surface area contributed by atoms with Gasteiger partial charge in [-0.1, -0.05) is 31.9 Å². The van der Waals surface area contributed by atoms with E-state index in [9.17, 15) is 4.79 Å². The van der Waals surface area contributed by atoms with Gasteiger partial charge in [-0.05, 0) is 42.8 Å².